The highest BCUT2D eigenvalue weighted by Crippen LogP contribution is 1.96. The Labute approximate surface area is 57.2 Å². The summed E-state index contributed by atoms with van der Waals surface area (Å²) in [5.74, 6) is 0. The van der Waals surface area contributed by atoms with Crippen LogP contribution < -0.4 is 5.32 Å². The van der Waals surface area contributed by atoms with E-state index in [1.54, 1.807) is 0 Å². The number of nitrogens with zero attached hydrogens (tertiary/aromatic N) is 1. The number of hydrogen-bond acceptors (Lipinski definition) is 2. The fourth-order valence-corrected chi connectivity index (χ4v) is 1.10. The predicted octanol–water partition coefficient (Wildman–Crippen LogP) is 0.463. The van der Waals surface area contributed by atoms with Crippen molar-refractivity contribution in [2.24, 2.45) is 0 Å². The quantitative estimate of drug-likeness (QED) is 0.580. The van der Waals surface area contributed by atoms with Gasteiger partial charge in [-0.3, -0.25) is 4.90 Å². The van der Waals surface area contributed by atoms with Gasteiger partial charge in [0.1, 0.15) is 0 Å². The minimum atomic E-state index is 1.06. The van der Waals surface area contributed by atoms with Crippen LogP contribution in [0.3, 0.4) is 0 Å². The first kappa shape index (κ1) is 7.03. The van der Waals surface area contributed by atoms with E-state index in [0.717, 1.165) is 13.1 Å². The first-order valence-corrected chi connectivity index (χ1v) is 3.71. The van der Waals surface area contributed by atoms with Gasteiger partial charge in [0.05, 0.1) is 0 Å². The van der Waals surface area contributed by atoms with E-state index < -0.39 is 0 Å². The number of hydrogen-bond donors (Lipinski definition) is 1. The van der Waals surface area contributed by atoms with E-state index in [0.29, 0.717) is 0 Å². The Hall–Kier alpha value is -0.0800. The summed E-state index contributed by atoms with van der Waals surface area (Å²) in [4.78, 5) is 2.39. The second kappa shape index (κ2) is 3.85. The molecular formula is C7H15N2. The minimum absolute atomic E-state index is 1.06. The molecule has 0 amide bonds. The monoisotopic (exact) mass is 127 g/mol. The molecule has 1 fully saturated rings. The molecule has 2 heteroatoms. The highest BCUT2D eigenvalue weighted by atomic mass is 15.2. The molecule has 9 heavy (non-hydrogen) atoms. The summed E-state index contributed by atoms with van der Waals surface area (Å²) in [7, 11) is 0. The van der Waals surface area contributed by atoms with Crippen molar-refractivity contribution in [3.8, 4) is 0 Å². The molecule has 0 saturated carbocycles. The molecule has 2 nitrogen and oxygen atoms in total. The van der Waals surface area contributed by atoms with E-state index in [2.05, 4.69) is 23.7 Å². The summed E-state index contributed by atoms with van der Waals surface area (Å²) >= 11 is 0. The molecule has 1 aliphatic rings. The summed E-state index contributed by atoms with van der Waals surface area (Å²) in [6.45, 7) is 9.08. The summed E-state index contributed by atoms with van der Waals surface area (Å²) in [5, 5.41) is 3.28. The zero-order chi connectivity index (χ0) is 6.53. The molecule has 0 unspecified atom stereocenters. The van der Waals surface area contributed by atoms with Crippen molar-refractivity contribution < 1.29 is 0 Å². The Kier molecular flexibility index (Phi) is 3.01. The number of rotatable bonds is 2. The van der Waals surface area contributed by atoms with Gasteiger partial charge in [0.25, 0.3) is 0 Å². The maximum atomic E-state index is 3.28. The van der Waals surface area contributed by atoms with E-state index in [4.69, 9.17) is 0 Å². The van der Waals surface area contributed by atoms with Gasteiger partial charge < -0.3 is 5.32 Å². The molecule has 0 aliphatic carbocycles. The van der Waals surface area contributed by atoms with Crippen LogP contribution in [0.2, 0.25) is 0 Å². The van der Waals surface area contributed by atoms with Crippen LogP contribution in [0.25, 0.3) is 0 Å². The van der Waals surface area contributed by atoms with Crippen molar-refractivity contribution in [1.82, 2.24) is 10.2 Å². The second-order valence-electron chi connectivity index (χ2n) is 2.42. The van der Waals surface area contributed by atoms with Gasteiger partial charge in [0.15, 0.2) is 0 Å². The zero-order valence-electron chi connectivity index (χ0n) is 6.06. The molecule has 0 aromatic heterocycles. The lowest BCUT2D eigenvalue weighted by atomic mass is 10.3. The van der Waals surface area contributed by atoms with E-state index in [1.165, 1.54) is 19.5 Å². The molecule has 0 aromatic rings. The van der Waals surface area contributed by atoms with Crippen molar-refractivity contribution in [1.29, 1.82) is 0 Å². The van der Waals surface area contributed by atoms with Gasteiger partial charge in [-0.15, -0.1) is 0 Å². The summed E-state index contributed by atoms with van der Waals surface area (Å²) < 4.78 is 0. The lowest BCUT2D eigenvalue weighted by Crippen LogP contribution is -2.40. The van der Waals surface area contributed by atoms with Gasteiger partial charge in [-0.1, -0.05) is 6.92 Å². The molecule has 0 spiro atoms. The van der Waals surface area contributed by atoms with Crippen molar-refractivity contribution in [3.63, 3.8) is 0 Å². The lowest BCUT2D eigenvalue weighted by molar-refractivity contribution is 0.293. The fraction of sp³-hybridized carbons (Fsp3) is 0.857. The molecule has 1 aliphatic heterocycles. The van der Waals surface area contributed by atoms with Crippen molar-refractivity contribution in [2.75, 3.05) is 26.2 Å². The third-order valence-electron chi connectivity index (χ3n) is 1.58. The normalized spacial score (nSPS) is 22.3. The first-order chi connectivity index (χ1) is 4.43. The van der Waals surface area contributed by atoms with Crippen LogP contribution >= 0.6 is 0 Å². The lowest BCUT2D eigenvalue weighted by Gasteiger charge is -2.25. The molecule has 53 valence electrons. The van der Waals surface area contributed by atoms with Crippen LogP contribution in [-0.2, 0) is 0 Å². The van der Waals surface area contributed by atoms with Crippen LogP contribution in [0.15, 0.2) is 0 Å². The van der Waals surface area contributed by atoms with E-state index in [-0.39, 0.29) is 0 Å². The third-order valence-corrected chi connectivity index (χ3v) is 1.58. The molecule has 1 N–H and O–H groups in total. The molecule has 0 atom stereocenters. The maximum absolute atomic E-state index is 3.28. The van der Waals surface area contributed by atoms with E-state index >= 15 is 0 Å². The summed E-state index contributed by atoms with van der Waals surface area (Å²) in [6, 6.07) is 0. The van der Waals surface area contributed by atoms with Gasteiger partial charge >= 0.3 is 0 Å². The topological polar surface area (TPSA) is 15.3 Å². The van der Waals surface area contributed by atoms with Gasteiger partial charge in [0, 0.05) is 26.2 Å². The smallest absolute Gasteiger partial charge is 0.0389 e. The molecule has 1 radical (unpaired) electrons. The van der Waals surface area contributed by atoms with Crippen LogP contribution in [0, 0.1) is 6.54 Å². The van der Waals surface area contributed by atoms with E-state index in [1.807, 2.05) is 0 Å². The van der Waals surface area contributed by atoms with Crippen molar-refractivity contribution in [3.05, 3.63) is 6.54 Å². The Bertz CT molecular complexity index is 64.6. The van der Waals surface area contributed by atoms with Crippen LogP contribution in [0.1, 0.15) is 13.3 Å². The highest BCUT2D eigenvalue weighted by Gasteiger charge is 2.06. The van der Waals surface area contributed by atoms with Gasteiger partial charge in [-0.05, 0) is 13.0 Å². The Morgan fingerprint density at radius 2 is 2.56 bits per heavy atom. The van der Waals surface area contributed by atoms with Crippen LogP contribution in [-0.4, -0.2) is 31.1 Å². The summed E-state index contributed by atoms with van der Waals surface area (Å²) in [6.07, 6.45) is 1.26. The first-order valence-electron chi connectivity index (χ1n) is 3.71. The predicted molar refractivity (Wildman–Crippen MR) is 39.0 cm³/mol. The SMILES string of the molecule is CCCN1[CH]CNCC1. The average molecular weight is 127 g/mol. The maximum Gasteiger partial charge on any atom is 0.0389 e. The largest absolute Gasteiger partial charge is 0.314 e. The summed E-state index contributed by atoms with van der Waals surface area (Å²) in [5.41, 5.74) is 0. The van der Waals surface area contributed by atoms with Crippen molar-refractivity contribution in [2.45, 2.75) is 13.3 Å². The molecule has 1 rings (SSSR count). The number of nitrogens with one attached hydrogen (secondary N) is 1. The fourth-order valence-electron chi connectivity index (χ4n) is 1.10. The second-order valence-corrected chi connectivity index (χ2v) is 2.42. The van der Waals surface area contributed by atoms with Crippen LogP contribution in [0.4, 0.5) is 0 Å². The molecule has 0 aromatic carbocycles. The molecule has 1 heterocycles. The Balaban J connectivity index is 2.08. The third kappa shape index (κ3) is 2.33. The molecular weight excluding hydrogens is 112 g/mol. The Morgan fingerprint density at radius 3 is 3.11 bits per heavy atom. The number of piperazine rings is 1. The molecule has 0 bridgehead atoms. The minimum Gasteiger partial charge on any atom is -0.314 e. The molecule has 1 saturated heterocycles. The van der Waals surface area contributed by atoms with Gasteiger partial charge in [-0.2, -0.15) is 0 Å². The van der Waals surface area contributed by atoms with Gasteiger partial charge in [-0.25, -0.2) is 0 Å². The van der Waals surface area contributed by atoms with Crippen molar-refractivity contribution >= 4 is 0 Å². The average Bonchev–Trinajstić information content (AvgIpc) is 1.91. The Morgan fingerprint density at radius 1 is 1.67 bits per heavy atom. The van der Waals surface area contributed by atoms with Crippen LogP contribution in [0.5, 0.6) is 0 Å². The zero-order valence-corrected chi connectivity index (χ0v) is 6.06. The van der Waals surface area contributed by atoms with Gasteiger partial charge in [0.2, 0.25) is 0 Å². The standard InChI is InChI=1S/C7H15N2/c1-2-5-9-6-3-8-4-7-9/h6,8H,2-5,7H2,1H3. The highest BCUT2D eigenvalue weighted by molar-refractivity contribution is 4.76. The van der Waals surface area contributed by atoms with E-state index in [9.17, 15) is 0 Å².